The third kappa shape index (κ3) is 3.15. The van der Waals surface area contributed by atoms with Gasteiger partial charge in [0.25, 0.3) is 0 Å². The lowest BCUT2D eigenvalue weighted by Gasteiger charge is -2.32. The number of nitrogens with zero attached hydrogens (tertiary/aromatic N) is 4. The minimum absolute atomic E-state index is 0.728. The molecule has 0 amide bonds. The highest BCUT2D eigenvalue weighted by molar-refractivity contribution is 9.10. The number of hydrogen-bond acceptors (Lipinski definition) is 3. The topological polar surface area (TPSA) is 34.0 Å². The third-order valence-corrected chi connectivity index (χ3v) is 4.12. The monoisotopic (exact) mass is 320 g/mol. The molecule has 2 aromatic rings. The van der Waals surface area contributed by atoms with Crippen LogP contribution in [0.25, 0.3) is 0 Å². The SMILES string of the molecule is Brc1ccc(N2CCC(Cn3cccn3)CC2)nc1. The zero-order valence-corrected chi connectivity index (χ0v) is 12.3. The van der Waals surface area contributed by atoms with Crippen molar-refractivity contribution in [3.05, 3.63) is 41.3 Å². The quantitative estimate of drug-likeness (QED) is 0.872. The molecule has 100 valence electrons. The maximum atomic E-state index is 4.46. The van der Waals surface area contributed by atoms with E-state index in [1.54, 1.807) is 0 Å². The molecule has 4 nitrogen and oxygen atoms in total. The summed E-state index contributed by atoms with van der Waals surface area (Å²) < 4.78 is 3.07. The van der Waals surface area contributed by atoms with Gasteiger partial charge in [0.15, 0.2) is 0 Å². The number of pyridine rings is 1. The number of piperidine rings is 1. The predicted octanol–water partition coefficient (Wildman–Crippen LogP) is 2.96. The van der Waals surface area contributed by atoms with Gasteiger partial charge in [-0.15, -0.1) is 0 Å². The lowest BCUT2D eigenvalue weighted by Crippen LogP contribution is -2.35. The molecule has 2 aromatic heterocycles. The van der Waals surface area contributed by atoms with E-state index in [4.69, 9.17) is 0 Å². The summed E-state index contributed by atoms with van der Waals surface area (Å²) in [6.45, 7) is 3.20. The molecular weight excluding hydrogens is 304 g/mol. The lowest BCUT2D eigenvalue weighted by atomic mass is 9.97. The van der Waals surface area contributed by atoms with Gasteiger partial charge < -0.3 is 4.90 Å². The van der Waals surface area contributed by atoms with Crippen molar-refractivity contribution >= 4 is 21.7 Å². The molecule has 0 unspecified atom stereocenters. The van der Waals surface area contributed by atoms with Crippen LogP contribution in [0.4, 0.5) is 5.82 Å². The Balaban J connectivity index is 1.56. The van der Waals surface area contributed by atoms with Gasteiger partial charge in [0.05, 0.1) is 0 Å². The molecule has 0 aromatic carbocycles. The van der Waals surface area contributed by atoms with E-state index in [-0.39, 0.29) is 0 Å². The Morgan fingerprint density at radius 2 is 2.11 bits per heavy atom. The Bertz CT molecular complexity index is 501. The van der Waals surface area contributed by atoms with Crippen LogP contribution in [0.2, 0.25) is 0 Å². The summed E-state index contributed by atoms with van der Waals surface area (Å²) in [6.07, 6.45) is 8.17. The number of halogens is 1. The molecule has 0 saturated carbocycles. The van der Waals surface area contributed by atoms with E-state index >= 15 is 0 Å². The van der Waals surface area contributed by atoms with Crippen LogP contribution in [-0.2, 0) is 6.54 Å². The fourth-order valence-corrected chi connectivity index (χ4v) is 2.81. The first-order chi connectivity index (χ1) is 9.31. The van der Waals surface area contributed by atoms with Crippen molar-refractivity contribution in [3.63, 3.8) is 0 Å². The van der Waals surface area contributed by atoms with Crippen molar-refractivity contribution in [2.75, 3.05) is 18.0 Å². The fourth-order valence-electron chi connectivity index (χ4n) is 2.57. The van der Waals surface area contributed by atoms with Crippen LogP contribution in [0.1, 0.15) is 12.8 Å². The average Bonchev–Trinajstić information content (AvgIpc) is 2.94. The van der Waals surface area contributed by atoms with Gasteiger partial charge in [-0.1, -0.05) is 0 Å². The van der Waals surface area contributed by atoms with E-state index in [2.05, 4.69) is 43.0 Å². The highest BCUT2D eigenvalue weighted by Gasteiger charge is 2.20. The fraction of sp³-hybridized carbons (Fsp3) is 0.429. The molecule has 1 aliphatic heterocycles. The Hall–Kier alpha value is -1.36. The normalized spacial score (nSPS) is 16.8. The molecule has 0 radical (unpaired) electrons. The van der Waals surface area contributed by atoms with Crippen molar-refractivity contribution in [1.29, 1.82) is 0 Å². The molecule has 1 aliphatic rings. The summed E-state index contributed by atoms with van der Waals surface area (Å²) in [5.74, 6) is 1.81. The van der Waals surface area contributed by atoms with Gasteiger partial charge in [-0.05, 0) is 52.9 Å². The highest BCUT2D eigenvalue weighted by Crippen LogP contribution is 2.23. The van der Waals surface area contributed by atoms with Crippen LogP contribution in [0.5, 0.6) is 0 Å². The minimum atomic E-state index is 0.728. The largest absolute Gasteiger partial charge is 0.357 e. The maximum absolute atomic E-state index is 4.46. The van der Waals surface area contributed by atoms with E-state index in [0.717, 1.165) is 35.8 Å². The Kier molecular flexibility index (Phi) is 3.82. The van der Waals surface area contributed by atoms with Crippen molar-refractivity contribution in [1.82, 2.24) is 14.8 Å². The standard InChI is InChI=1S/C14H17BrN4/c15-13-2-3-14(16-10-13)18-8-4-12(5-9-18)11-19-7-1-6-17-19/h1-3,6-7,10,12H,4-5,8-9,11H2. The second kappa shape index (κ2) is 5.74. The van der Waals surface area contributed by atoms with Crippen molar-refractivity contribution < 1.29 is 0 Å². The van der Waals surface area contributed by atoms with Gasteiger partial charge in [-0.2, -0.15) is 5.10 Å². The summed E-state index contributed by atoms with van der Waals surface area (Å²) in [5, 5.41) is 4.28. The second-order valence-electron chi connectivity index (χ2n) is 4.99. The Labute approximate surface area is 121 Å². The smallest absolute Gasteiger partial charge is 0.128 e. The van der Waals surface area contributed by atoms with Crippen LogP contribution in [0, 0.1) is 5.92 Å². The molecule has 0 atom stereocenters. The Morgan fingerprint density at radius 3 is 2.74 bits per heavy atom. The maximum Gasteiger partial charge on any atom is 0.128 e. The van der Waals surface area contributed by atoms with Gasteiger partial charge in [0, 0.05) is 42.7 Å². The summed E-state index contributed by atoms with van der Waals surface area (Å²) in [4.78, 5) is 6.83. The number of hydrogen-bond donors (Lipinski definition) is 0. The molecule has 0 bridgehead atoms. The van der Waals surface area contributed by atoms with E-state index in [0.29, 0.717) is 0 Å². The number of aromatic nitrogens is 3. The van der Waals surface area contributed by atoms with Crippen molar-refractivity contribution in [2.45, 2.75) is 19.4 Å². The van der Waals surface area contributed by atoms with Gasteiger partial charge in [0.2, 0.25) is 0 Å². The van der Waals surface area contributed by atoms with E-state index in [1.165, 1.54) is 12.8 Å². The van der Waals surface area contributed by atoms with Gasteiger partial charge >= 0.3 is 0 Å². The molecule has 0 aliphatic carbocycles. The molecule has 0 N–H and O–H groups in total. The summed E-state index contributed by atoms with van der Waals surface area (Å²) in [7, 11) is 0. The van der Waals surface area contributed by atoms with E-state index < -0.39 is 0 Å². The number of anilines is 1. The lowest BCUT2D eigenvalue weighted by molar-refractivity contribution is 0.341. The molecular formula is C14H17BrN4. The van der Waals surface area contributed by atoms with Crippen LogP contribution >= 0.6 is 15.9 Å². The van der Waals surface area contributed by atoms with Crippen molar-refractivity contribution in [3.8, 4) is 0 Å². The zero-order valence-electron chi connectivity index (χ0n) is 10.7. The first-order valence-corrected chi connectivity index (χ1v) is 7.44. The van der Waals surface area contributed by atoms with Crippen LogP contribution in [-0.4, -0.2) is 27.9 Å². The molecule has 3 rings (SSSR count). The van der Waals surface area contributed by atoms with E-state index in [1.807, 2.05) is 29.3 Å². The highest BCUT2D eigenvalue weighted by atomic mass is 79.9. The van der Waals surface area contributed by atoms with Crippen LogP contribution < -0.4 is 4.90 Å². The average molecular weight is 321 g/mol. The minimum Gasteiger partial charge on any atom is -0.357 e. The van der Waals surface area contributed by atoms with Crippen molar-refractivity contribution in [2.24, 2.45) is 5.92 Å². The first-order valence-electron chi connectivity index (χ1n) is 6.65. The summed E-state index contributed by atoms with van der Waals surface area (Å²) in [5.41, 5.74) is 0. The second-order valence-corrected chi connectivity index (χ2v) is 5.91. The molecule has 1 fully saturated rings. The zero-order chi connectivity index (χ0) is 13.1. The van der Waals surface area contributed by atoms with Crippen LogP contribution in [0.3, 0.4) is 0 Å². The van der Waals surface area contributed by atoms with E-state index in [9.17, 15) is 0 Å². The van der Waals surface area contributed by atoms with Crippen LogP contribution in [0.15, 0.2) is 41.3 Å². The summed E-state index contributed by atoms with van der Waals surface area (Å²) >= 11 is 3.42. The molecule has 19 heavy (non-hydrogen) atoms. The molecule has 0 spiro atoms. The predicted molar refractivity (Wildman–Crippen MR) is 79.1 cm³/mol. The summed E-state index contributed by atoms with van der Waals surface area (Å²) in [6, 6.07) is 6.12. The first kappa shape index (κ1) is 12.7. The molecule has 3 heterocycles. The van der Waals surface area contributed by atoms with Gasteiger partial charge in [-0.3, -0.25) is 4.68 Å². The number of rotatable bonds is 3. The molecule has 1 saturated heterocycles. The van der Waals surface area contributed by atoms with Gasteiger partial charge in [-0.25, -0.2) is 4.98 Å². The third-order valence-electron chi connectivity index (χ3n) is 3.65. The Morgan fingerprint density at radius 1 is 1.26 bits per heavy atom. The molecule has 5 heteroatoms. The van der Waals surface area contributed by atoms with Gasteiger partial charge in [0.1, 0.15) is 5.82 Å².